The van der Waals surface area contributed by atoms with E-state index in [1.165, 1.54) is 43.3 Å². The molecule has 0 spiro atoms. The van der Waals surface area contributed by atoms with Gasteiger partial charge in [0.15, 0.2) is 5.12 Å². The molecule has 0 aliphatic heterocycles. The van der Waals surface area contributed by atoms with Gasteiger partial charge in [-0.1, -0.05) is 45.9 Å². The molecule has 0 fully saturated rings. The van der Waals surface area contributed by atoms with Gasteiger partial charge in [0.2, 0.25) is 0 Å². The van der Waals surface area contributed by atoms with Crippen molar-refractivity contribution >= 4 is 24.8 Å². The van der Waals surface area contributed by atoms with Crippen LogP contribution in [0.2, 0.25) is 0 Å². The van der Waals surface area contributed by atoms with Gasteiger partial charge in [0.05, 0.1) is 0 Å². The third kappa shape index (κ3) is 11.3. The highest BCUT2D eigenvalue weighted by atomic mass is 32.2. The first-order valence-corrected chi connectivity index (χ1v) is 9.93. The van der Waals surface area contributed by atoms with Crippen LogP contribution in [0.5, 0.6) is 0 Å². The van der Waals surface area contributed by atoms with Gasteiger partial charge >= 0.3 is 0 Å². The molecule has 102 valence electrons. The number of thioether (sulfide) groups is 1. The molecule has 0 aromatic heterocycles. The predicted octanol–water partition coefficient (Wildman–Crippen LogP) is 4.84. The average Bonchev–Trinajstić information content (AvgIpc) is 2.23. The van der Waals surface area contributed by atoms with Crippen molar-refractivity contribution < 1.29 is 4.79 Å². The maximum absolute atomic E-state index is 11.4. The van der Waals surface area contributed by atoms with Gasteiger partial charge in [-0.05, 0) is 37.7 Å². The van der Waals surface area contributed by atoms with Crippen molar-refractivity contribution in [2.45, 2.75) is 47.0 Å². The van der Waals surface area contributed by atoms with Crippen LogP contribution in [0, 0.1) is 11.8 Å². The zero-order valence-corrected chi connectivity index (χ0v) is 13.9. The first kappa shape index (κ1) is 17.4. The Hall–Kier alpha value is 0.450. The molecule has 0 aliphatic rings. The van der Waals surface area contributed by atoms with Crippen molar-refractivity contribution in [3.63, 3.8) is 0 Å². The molecule has 0 bridgehead atoms. The van der Waals surface area contributed by atoms with E-state index in [9.17, 15) is 4.79 Å². The molecule has 0 N–H and O–H groups in total. The Morgan fingerprint density at radius 2 is 1.71 bits per heavy atom. The van der Waals surface area contributed by atoms with Crippen molar-refractivity contribution in [2.75, 3.05) is 24.7 Å². The van der Waals surface area contributed by atoms with Crippen LogP contribution >= 0.6 is 19.7 Å². The van der Waals surface area contributed by atoms with Crippen LogP contribution in [-0.2, 0) is 4.79 Å². The second-order valence-corrected chi connectivity index (χ2v) is 9.22. The van der Waals surface area contributed by atoms with Crippen LogP contribution in [0.3, 0.4) is 0 Å². The Morgan fingerprint density at radius 1 is 1.12 bits per heavy atom. The van der Waals surface area contributed by atoms with Gasteiger partial charge in [-0.2, -0.15) is 0 Å². The lowest BCUT2D eigenvalue weighted by Crippen LogP contribution is -2.03. The third-order valence-electron chi connectivity index (χ3n) is 2.72. The van der Waals surface area contributed by atoms with Gasteiger partial charge < -0.3 is 0 Å². The van der Waals surface area contributed by atoms with Crippen molar-refractivity contribution in [1.82, 2.24) is 0 Å². The fourth-order valence-electron chi connectivity index (χ4n) is 1.56. The van der Waals surface area contributed by atoms with Crippen molar-refractivity contribution in [3.05, 3.63) is 0 Å². The lowest BCUT2D eigenvalue weighted by Gasteiger charge is -2.12. The molecule has 0 rings (SSSR count). The highest BCUT2D eigenvalue weighted by Gasteiger charge is 2.08. The molecule has 1 atom stereocenters. The Kier molecular flexibility index (Phi) is 10.7. The number of rotatable bonds is 9. The SMILES string of the molecule is CC(C)CCCP(C)CCCSC(=O)C(C)C. The molecule has 1 unspecified atom stereocenters. The van der Waals surface area contributed by atoms with Crippen LogP contribution in [0.15, 0.2) is 0 Å². The molecule has 0 saturated heterocycles. The molecule has 3 heteroatoms. The highest BCUT2D eigenvalue weighted by Crippen LogP contribution is 2.33. The van der Waals surface area contributed by atoms with E-state index in [0.29, 0.717) is 5.12 Å². The molecule has 0 heterocycles. The molecule has 0 aliphatic carbocycles. The van der Waals surface area contributed by atoms with Gasteiger partial charge in [-0.25, -0.2) is 0 Å². The quantitative estimate of drug-likeness (QED) is 0.443. The van der Waals surface area contributed by atoms with E-state index in [1.807, 2.05) is 13.8 Å². The lowest BCUT2D eigenvalue weighted by molar-refractivity contribution is -0.113. The van der Waals surface area contributed by atoms with E-state index in [4.69, 9.17) is 0 Å². The number of hydrogen-bond acceptors (Lipinski definition) is 2. The van der Waals surface area contributed by atoms with Crippen LogP contribution in [0.4, 0.5) is 0 Å². The number of carbonyl (C=O) groups excluding carboxylic acids is 1. The summed E-state index contributed by atoms with van der Waals surface area (Å²) >= 11 is 1.53. The smallest absolute Gasteiger partial charge is 0.191 e. The van der Waals surface area contributed by atoms with Crippen LogP contribution in [0.1, 0.15) is 47.0 Å². The van der Waals surface area contributed by atoms with Crippen LogP contribution in [0.25, 0.3) is 0 Å². The third-order valence-corrected chi connectivity index (χ3v) is 6.13. The maximum Gasteiger partial charge on any atom is 0.191 e. The Labute approximate surface area is 113 Å². The molecule has 0 amide bonds. The summed E-state index contributed by atoms with van der Waals surface area (Å²) in [7, 11) is 0.218. The van der Waals surface area contributed by atoms with Crippen molar-refractivity contribution in [2.24, 2.45) is 11.8 Å². The van der Waals surface area contributed by atoms with E-state index in [0.717, 1.165) is 11.7 Å². The first-order valence-electron chi connectivity index (χ1n) is 6.78. The molecule has 0 saturated carbocycles. The number of carbonyl (C=O) groups is 1. The normalized spacial score (nSPS) is 13.4. The summed E-state index contributed by atoms with van der Waals surface area (Å²) in [5, 5.41) is 0.352. The number of hydrogen-bond donors (Lipinski definition) is 0. The standard InChI is InChI=1S/C14H29OPS/c1-12(2)8-6-9-16(5)10-7-11-17-14(15)13(3)4/h12-13H,6-11H2,1-5H3. The minimum atomic E-state index is 0.189. The van der Waals surface area contributed by atoms with Crippen LogP contribution < -0.4 is 0 Å². The summed E-state index contributed by atoms with van der Waals surface area (Å²) in [4.78, 5) is 11.4. The minimum absolute atomic E-state index is 0.189. The Morgan fingerprint density at radius 3 is 2.24 bits per heavy atom. The van der Waals surface area contributed by atoms with E-state index in [-0.39, 0.29) is 13.8 Å². The monoisotopic (exact) mass is 276 g/mol. The molecular weight excluding hydrogens is 247 g/mol. The molecule has 17 heavy (non-hydrogen) atoms. The second kappa shape index (κ2) is 10.4. The fourth-order valence-corrected chi connectivity index (χ4v) is 4.24. The van der Waals surface area contributed by atoms with Gasteiger partial charge in [-0.15, -0.1) is 7.92 Å². The molecule has 0 aromatic rings. The Bertz CT molecular complexity index is 204. The molecule has 0 aromatic carbocycles. The van der Waals surface area contributed by atoms with Gasteiger partial charge in [0.1, 0.15) is 0 Å². The summed E-state index contributed by atoms with van der Waals surface area (Å²) in [6, 6.07) is 0. The minimum Gasteiger partial charge on any atom is -0.287 e. The van der Waals surface area contributed by atoms with E-state index in [1.54, 1.807) is 0 Å². The lowest BCUT2D eigenvalue weighted by atomic mass is 10.1. The second-order valence-electron chi connectivity index (χ2n) is 5.52. The molecule has 1 nitrogen and oxygen atoms in total. The van der Waals surface area contributed by atoms with Crippen molar-refractivity contribution in [1.29, 1.82) is 0 Å². The summed E-state index contributed by atoms with van der Waals surface area (Å²) in [5.74, 6) is 2.06. The van der Waals surface area contributed by atoms with Gasteiger partial charge in [-0.3, -0.25) is 4.79 Å². The largest absolute Gasteiger partial charge is 0.287 e. The molecular formula is C14H29OPS. The zero-order chi connectivity index (χ0) is 13.3. The van der Waals surface area contributed by atoms with E-state index < -0.39 is 0 Å². The topological polar surface area (TPSA) is 17.1 Å². The highest BCUT2D eigenvalue weighted by molar-refractivity contribution is 8.13. The van der Waals surface area contributed by atoms with Gasteiger partial charge in [0, 0.05) is 11.7 Å². The summed E-state index contributed by atoms with van der Waals surface area (Å²) in [6.45, 7) is 11.0. The Balaban J connectivity index is 3.39. The maximum atomic E-state index is 11.4. The first-order chi connectivity index (χ1) is 7.93. The average molecular weight is 276 g/mol. The van der Waals surface area contributed by atoms with E-state index in [2.05, 4.69) is 20.5 Å². The fraction of sp³-hybridized carbons (Fsp3) is 0.929. The van der Waals surface area contributed by atoms with Crippen LogP contribution in [-0.4, -0.2) is 29.9 Å². The van der Waals surface area contributed by atoms with E-state index >= 15 is 0 Å². The molecule has 0 radical (unpaired) electrons. The predicted molar refractivity (Wildman–Crippen MR) is 83.6 cm³/mol. The summed E-state index contributed by atoms with van der Waals surface area (Å²) in [5.41, 5.74) is 0. The summed E-state index contributed by atoms with van der Waals surface area (Å²) < 4.78 is 0. The zero-order valence-electron chi connectivity index (χ0n) is 12.2. The van der Waals surface area contributed by atoms with Crippen molar-refractivity contribution in [3.8, 4) is 0 Å². The summed E-state index contributed by atoms with van der Waals surface area (Å²) in [6.07, 6.45) is 6.72. The van der Waals surface area contributed by atoms with Gasteiger partial charge in [0.25, 0.3) is 0 Å².